The van der Waals surface area contributed by atoms with Gasteiger partial charge in [-0.2, -0.15) is 5.10 Å². The van der Waals surface area contributed by atoms with Crippen LogP contribution in [0, 0.1) is 12.8 Å². The molecule has 4 rings (SSSR count). The molecule has 1 aromatic carbocycles. The number of hydrogen-bond acceptors (Lipinski definition) is 4. The molecular weight excluding hydrogens is 340 g/mol. The summed E-state index contributed by atoms with van der Waals surface area (Å²) in [7, 11) is 0. The van der Waals surface area contributed by atoms with Crippen LogP contribution in [0.25, 0.3) is 10.9 Å². The molecule has 0 unspecified atom stereocenters. The zero-order valence-corrected chi connectivity index (χ0v) is 15.5. The molecule has 140 valence electrons. The van der Waals surface area contributed by atoms with Gasteiger partial charge in [0.05, 0.1) is 31.0 Å². The summed E-state index contributed by atoms with van der Waals surface area (Å²) in [6, 6.07) is 10.3. The molecule has 6 nitrogen and oxygen atoms in total. The van der Waals surface area contributed by atoms with Crippen LogP contribution in [0.4, 0.5) is 0 Å². The summed E-state index contributed by atoms with van der Waals surface area (Å²) in [5.74, 6) is 0.315. The van der Waals surface area contributed by atoms with E-state index in [9.17, 15) is 4.79 Å². The molecule has 0 aliphatic carbocycles. The van der Waals surface area contributed by atoms with Crippen molar-refractivity contribution < 1.29 is 9.53 Å². The van der Waals surface area contributed by atoms with Crippen LogP contribution in [0.5, 0.6) is 0 Å². The number of pyridine rings is 1. The molecule has 2 atom stereocenters. The Hall–Kier alpha value is -2.73. The average molecular weight is 364 g/mol. The Balaban J connectivity index is 1.37. The maximum absolute atomic E-state index is 12.4. The number of carbonyl (C=O) groups excluding carboxylic acids is 1. The van der Waals surface area contributed by atoms with E-state index in [4.69, 9.17) is 4.74 Å². The highest BCUT2D eigenvalue weighted by atomic mass is 16.5. The van der Waals surface area contributed by atoms with Crippen molar-refractivity contribution in [1.82, 2.24) is 20.1 Å². The Bertz CT molecular complexity index is 931. The van der Waals surface area contributed by atoms with Crippen molar-refractivity contribution in [2.24, 2.45) is 5.92 Å². The van der Waals surface area contributed by atoms with E-state index in [0.29, 0.717) is 26.2 Å². The van der Waals surface area contributed by atoms with Crippen molar-refractivity contribution in [3.63, 3.8) is 0 Å². The van der Waals surface area contributed by atoms with Crippen molar-refractivity contribution in [3.05, 3.63) is 60.0 Å². The average Bonchev–Trinajstić information content (AvgIpc) is 3.29. The number of nitrogens with one attached hydrogen (secondary N) is 1. The fraction of sp³-hybridized carbons (Fsp3) is 0.381. The van der Waals surface area contributed by atoms with Gasteiger partial charge in [-0.1, -0.05) is 18.2 Å². The minimum absolute atomic E-state index is 0.0447. The van der Waals surface area contributed by atoms with Gasteiger partial charge in [0.1, 0.15) is 0 Å². The zero-order chi connectivity index (χ0) is 18.6. The first-order chi connectivity index (χ1) is 13.2. The molecule has 1 aliphatic heterocycles. The molecule has 3 heterocycles. The van der Waals surface area contributed by atoms with E-state index in [1.54, 1.807) is 10.9 Å². The Kier molecular flexibility index (Phi) is 5.16. The maximum Gasteiger partial charge on any atom is 0.222 e. The molecule has 6 heteroatoms. The number of para-hydroxylation sites is 1. The number of rotatable bonds is 6. The molecule has 0 saturated carbocycles. The summed E-state index contributed by atoms with van der Waals surface area (Å²) in [4.78, 5) is 16.8. The highest BCUT2D eigenvalue weighted by Gasteiger charge is 2.30. The SMILES string of the molecule is Cc1cnn(CCC(=O)N[C@@H]2COC[C@H]2Cc2ccnc3ccccc23)c1. The molecule has 2 aromatic heterocycles. The van der Waals surface area contributed by atoms with E-state index in [1.165, 1.54) is 10.9 Å². The largest absolute Gasteiger partial charge is 0.379 e. The fourth-order valence-corrected chi connectivity index (χ4v) is 3.66. The molecule has 1 fully saturated rings. The molecule has 3 aromatic rings. The molecule has 27 heavy (non-hydrogen) atoms. The van der Waals surface area contributed by atoms with E-state index in [0.717, 1.165) is 17.5 Å². The maximum atomic E-state index is 12.4. The predicted octanol–water partition coefficient (Wildman–Crippen LogP) is 2.50. The minimum atomic E-state index is 0.0447. The Morgan fingerprint density at radius 2 is 2.19 bits per heavy atom. The van der Waals surface area contributed by atoms with E-state index >= 15 is 0 Å². The first-order valence-corrected chi connectivity index (χ1v) is 9.38. The van der Waals surface area contributed by atoms with Gasteiger partial charge in [-0.25, -0.2) is 0 Å². The van der Waals surface area contributed by atoms with Gasteiger partial charge in [-0.15, -0.1) is 0 Å². The zero-order valence-electron chi connectivity index (χ0n) is 15.5. The number of amides is 1. The van der Waals surface area contributed by atoms with Crippen LogP contribution in [-0.2, 0) is 22.5 Å². The highest BCUT2D eigenvalue weighted by Crippen LogP contribution is 2.24. The number of hydrogen-bond donors (Lipinski definition) is 1. The van der Waals surface area contributed by atoms with Crippen molar-refractivity contribution in [2.45, 2.75) is 32.4 Å². The summed E-state index contributed by atoms with van der Waals surface area (Å²) < 4.78 is 7.48. The molecular formula is C21H24N4O2. The van der Waals surface area contributed by atoms with E-state index < -0.39 is 0 Å². The van der Waals surface area contributed by atoms with Crippen LogP contribution in [0.3, 0.4) is 0 Å². The van der Waals surface area contributed by atoms with E-state index in [-0.39, 0.29) is 17.9 Å². The van der Waals surface area contributed by atoms with Gasteiger partial charge in [-0.05, 0) is 36.6 Å². The minimum Gasteiger partial charge on any atom is -0.379 e. The number of aryl methyl sites for hydroxylation is 2. The second-order valence-corrected chi connectivity index (χ2v) is 7.19. The molecule has 1 N–H and O–H groups in total. The summed E-state index contributed by atoms with van der Waals surface area (Å²) in [5, 5.41) is 8.55. The molecule has 0 bridgehead atoms. The Labute approximate surface area is 158 Å². The van der Waals surface area contributed by atoms with Gasteiger partial charge >= 0.3 is 0 Å². The Morgan fingerprint density at radius 1 is 1.30 bits per heavy atom. The van der Waals surface area contributed by atoms with Crippen molar-refractivity contribution >= 4 is 16.8 Å². The van der Waals surface area contributed by atoms with Crippen LogP contribution in [-0.4, -0.2) is 39.9 Å². The van der Waals surface area contributed by atoms with Gasteiger partial charge < -0.3 is 10.1 Å². The number of fused-ring (bicyclic) bond motifs is 1. The van der Waals surface area contributed by atoms with Crippen LogP contribution < -0.4 is 5.32 Å². The number of nitrogens with zero attached hydrogens (tertiary/aromatic N) is 3. The van der Waals surface area contributed by atoms with Gasteiger partial charge in [-0.3, -0.25) is 14.5 Å². The number of aromatic nitrogens is 3. The monoisotopic (exact) mass is 364 g/mol. The topological polar surface area (TPSA) is 69.0 Å². The Morgan fingerprint density at radius 3 is 3.04 bits per heavy atom. The number of benzene rings is 1. The lowest BCUT2D eigenvalue weighted by atomic mass is 9.93. The number of carbonyl (C=O) groups is 1. The highest BCUT2D eigenvalue weighted by molar-refractivity contribution is 5.81. The van der Waals surface area contributed by atoms with Gasteiger partial charge in [0.15, 0.2) is 0 Å². The van der Waals surface area contributed by atoms with Crippen LogP contribution in [0.1, 0.15) is 17.5 Å². The van der Waals surface area contributed by atoms with Crippen molar-refractivity contribution in [1.29, 1.82) is 0 Å². The van der Waals surface area contributed by atoms with Gasteiger partial charge in [0.25, 0.3) is 0 Å². The van der Waals surface area contributed by atoms with E-state index in [1.807, 2.05) is 37.5 Å². The second-order valence-electron chi connectivity index (χ2n) is 7.19. The molecule has 0 radical (unpaired) electrons. The third-order valence-corrected chi connectivity index (χ3v) is 5.10. The smallest absolute Gasteiger partial charge is 0.222 e. The molecule has 1 amide bonds. The molecule has 0 spiro atoms. The third kappa shape index (κ3) is 4.17. The van der Waals surface area contributed by atoms with Crippen LogP contribution >= 0.6 is 0 Å². The quantitative estimate of drug-likeness (QED) is 0.730. The predicted molar refractivity (Wildman–Crippen MR) is 103 cm³/mol. The summed E-state index contributed by atoms with van der Waals surface area (Å²) in [6.07, 6.45) is 6.89. The van der Waals surface area contributed by atoms with Crippen molar-refractivity contribution in [2.75, 3.05) is 13.2 Å². The summed E-state index contributed by atoms with van der Waals surface area (Å²) in [5.41, 5.74) is 3.36. The van der Waals surface area contributed by atoms with Crippen LogP contribution in [0.15, 0.2) is 48.9 Å². The first-order valence-electron chi connectivity index (χ1n) is 9.38. The van der Waals surface area contributed by atoms with E-state index in [2.05, 4.69) is 27.5 Å². The van der Waals surface area contributed by atoms with Crippen molar-refractivity contribution in [3.8, 4) is 0 Å². The molecule has 1 aliphatic rings. The lowest BCUT2D eigenvalue weighted by Gasteiger charge is -2.20. The second kappa shape index (κ2) is 7.88. The fourth-order valence-electron chi connectivity index (χ4n) is 3.66. The lowest BCUT2D eigenvalue weighted by molar-refractivity contribution is -0.122. The standard InChI is InChI=1S/C21H24N4O2/c1-15-11-23-25(12-15)9-7-21(26)24-20-14-27-13-17(20)10-16-6-8-22-19-5-3-2-4-18(16)19/h2-6,8,11-12,17,20H,7,9-10,13-14H2,1H3,(H,24,26)/t17-,20-/m1/s1. The third-order valence-electron chi connectivity index (χ3n) is 5.10. The summed E-state index contributed by atoms with van der Waals surface area (Å²) >= 11 is 0. The van der Waals surface area contributed by atoms with Gasteiger partial charge in [0, 0.05) is 36.7 Å². The lowest BCUT2D eigenvalue weighted by Crippen LogP contribution is -2.40. The first kappa shape index (κ1) is 17.7. The normalized spacial score (nSPS) is 19.4. The number of ether oxygens (including phenoxy) is 1. The van der Waals surface area contributed by atoms with Crippen LogP contribution in [0.2, 0.25) is 0 Å². The molecule has 1 saturated heterocycles. The summed E-state index contributed by atoms with van der Waals surface area (Å²) in [6.45, 7) is 3.82. The van der Waals surface area contributed by atoms with Gasteiger partial charge in [0.2, 0.25) is 5.91 Å².